The summed E-state index contributed by atoms with van der Waals surface area (Å²) in [5.41, 5.74) is 5.27. The standard InChI is InChI=1S/C10H14F3N3/c11-10(12,13)9-6-8(7-2-3-7)16(15-9)5-1-4-14/h6-7H,1-5,14H2. The first kappa shape index (κ1) is 11.4. The average Bonchev–Trinajstić information content (AvgIpc) is 2.94. The molecular weight excluding hydrogens is 219 g/mol. The van der Waals surface area contributed by atoms with Gasteiger partial charge in [0, 0.05) is 18.2 Å². The van der Waals surface area contributed by atoms with Gasteiger partial charge in [-0.05, 0) is 31.9 Å². The molecule has 0 bridgehead atoms. The van der Waals surface area contributed by atoms with Gasteiger partial charge >= 0.3 is 6.18 Å². The quantitative estimate of drug-likeness (QED) is 0.865. The normalized spacial score (nSPS) is 16.8. The van der Waals surface area contributed by atoms with Crippen LogP contribution >= 0.6 is 0 Å². The lowest BCUT2D eigenvalue weighted by molar-refractivity contribution is -0.141. The number of halogens is 3. The van der Waals surface area contributed by atoms with Crippen molar-refractivity contribution in [3.8, 4) is 0 Å². The van der Waals surface area contributed by atoms with Crippen LogP contribution in [0.3, 0.4) is 0 Å². The summed E-state index contributed by atoms with van der Waals surface area (Å²) in [4.78, 5) is 0. The van der Waals surface area contributed by atoms with Crippen molar-refractivity contribution in [2.24, 2.45) is 5.73 Å². The van der Waals surface area contributed by atoms with E-state index in [1.807, 2.05) is 0 Å². The Kier molecular flexibility index (Phi) is 2.92. The van der Waals surface area contributed by atoms with E-state index in [1.54, 1.807) is 0 Å². The van der Waals surface area contributed by atoms with Gasteiger partial charge in [0.2, 0.25) is 0 Å². The van der Waals surface area contributed by atoms with Gasteiger partial charge in [-0.15, -0.1) is 0 Å². The number of hydrogen-bond donors (Lipinski definition) is 1. The number of nitrogens with zero attached hydrogens (tertiary/aromatic N) is 2. The summed E-state index contributed by atoms with van der Waals surface area (Å²) < 4.78 is 38.9. The second kappa shape index (κ2) is 4.08. The van der Waals surface area contributed by atoms with E-state index in [2.05, 4.69) is 5.10 Å². The number of aryl methyl sites for hydroxylation is 1. The molecule has 0 atom stereocenters. The van der Waals surface area contributed by atoms with Crippen LogP contribution in [0.2, 0.25) is 0 Å². The lowest BCUT2D eigenvalue weighted by Crippen LogP contribution is -2.11. The minimum Gasteiger partial charge on any atom is -0.330 e. The number of aromatic nitrogens is 2. The van der Waals surface area contributed by atoms with Crippen molar-refractivity contribution in [1.29, 1.82) is 0 Å². The maximum Gasteiger partial charge on any atom is 0.435 e. The number of rotatable bonds is 4. The fourth-order valence-electron chi connectivity index (χ4n) is 1.70. The minimum absolute atomic E-state index is 0.265. The minimum atomic E-state index is -4.35. The maximum absolute atomic E-state index is 12.5. The lowest BCUT2D eigenvalue weighted by atomic mass is 10.2. The molecule has 0 unspecified atom stereocenters. The molecule has 0 radical (unpaired) electrons. The molecule has 3 nitrogen and oxygen atoms in total. The van der Waals surface area contributed by atoms with Gasteiger partial charge in [-0.3, -0.25) is 4.68 Å². The second-order valence-corrected chi connectivity index (χ2v) is 4.09. The zero-order valence-electron chi connectivity index (χ0n) is 8.80. The van der Waals surface area contributed by atoms with E-state index in [0.29, 0.717) is 25.2 Å². The van der Waals surface area contributed by atoms with E-state index in [0.717, 1.165) is 12.8 Å². The van der Waals surface area contributed by atoms with Gasteiger partial charge in [0.25, 0.3) is 0 Å². The Morgan fingerprint density at radius 3 is 2.62 bits per heavy atom. The number of alkyl halides is 3. The fourth-order valence-corrected chi connectivity index (χ4v) is 1.70. The molecule has 90 valence electrons. The summed E-state index contributed by atoms with van der Waals surface area (Å²) in [6, 6.07) is 1.17. The predicted octanol–water partition coefficient (Wildman–Crippen LogP) is 2.13. The zero-order chi connectivity index (χ0) is 11.8. The Morgan fingerprint density at radius 2 is 2.12 bits per heavy atom. The van der Waals surface area contributed by atoms with Gasteiger partial charge in [0.15, 0.2) is 5.69 Å². The topological polar surface area (TPSA) is 43.8 Å². The summed E-state index contributed by atoms with van der Waals surface area (Å²) in [5.74, 6) is 0.265. The van der Waals surface area contributed by atoms with Crippen LogP contribution in [-0.4, -0.2) is 16.3 Å². The van der Waals surface area contributed by atoms with E-state index >= 15 is 0 Å². The Hall–Kier alpha value is -1.04. The second-order valence-electron chi connectivity index (χ2n) is 4.09. The van der Waals surface area contributed by atoms with Gasteiger partial charge in [-0.1, -0.05) is 0 Å². The van der Waals surface area contributed by atoms with E-state index in [-0.39, 0.29) is 5.92 Å². The molecule has 0 spiro atoms. The fraction of sp³-hybridized carbons (Fsp3) is 0.700. The van der Waals surface area contributed by atoms with Gasteiger partial charge in [-0.25, -0.2) is 0 Å². The van der Waals surface area contributed by atoms with Crippen molar-refractivity contribution in [3.05, 3.63) is 17.5 Å². The summed E-state index contributed by atoms with van der Waals surface area (Å²) in [6.07, 6.45) is -1.77. The molecule has 6 heteroatoms. The molecule has 1 aliphatic rings. The van der Waals surface area contributed by atoms with Crippen molar-refractivity contribution in [2.45, 2.75) is 37.9 Å². The van der Waals surface area contributed by atoms with E-state index in [1.165, 1.54) is 10.7 Å². The summed E-state index contributed by atoms with van der Waals surface area (Å²) in [7, 11) is 0. The van der Waals surface area contributed by atoms with Crippen LogP contribution in [0.15, 0.2) is 6.07 Å². The van der Waals surface area contributed by atoms with Gasteiger partial charge < -0.3 is 5.73 Å². The Labute approximate surface area is 91.4 Å². The van der Waals surface area contributed by atoms with Crippen LogP contribution in [0, 0.1) is 0 Å². The van der Waals surface area contributed by atoms with Crippen LogP contribution in [-0.2, 0) is 12.7 Å². The Morgan fingerprint density at radius 1 is 1.44 bits per heavy atom. The third-order valence-electron chi connectivity index (χ3n) is 2.67. The van der Waals surface area contributed by atoms with Crippen molar-refractivity contribution in [1.82, 2.24) is 9.78 Å². The molecule has 2 rings (SSSR count). The third-order valence-corrected chi connectivity index (χ3v) is 2.67. The molecule has 16 heavy (non-hydrogen) atoms. The highest BCUT2D eigenvalue weighted by Crippen LogP contribution is 2.42. The molecule has 1 aliphatic carbocycles. The first-order chi connectivity index (χ1) is 7.52. The summed E-state index contributed by atoms with van der Waals surface area (Å²) >= 11 is 0. The molecule has 0 amide bonds. The highest BCUT2D eigenvalue weighted by atomic mass is 19.4. The largest absolute Gasteiger partial charge is 0.435 e. The highest BCUT2D eigenvalue weighted by molar-refractivity contribution is 5.20. The number of nitrogens with two attached hydrogens (primary N) is 1. The smallest absolute Gasteiger partial charge is 0.330 e. The SMILES string of the molecule is NCCCn1nc(C(F)(F)F)cc1C1CC1. The first-order valence-electron chi connectivity index (χ1n) is 5.37. The zero-order valence-corrected chi connectivity index (χ0v) is 8.80. The molecule has 1 fully saturated rings. The van der Waals surface area contributed by atoms with Crippen LogP contribution < -0.4 is 5.73 Å². The Balaban J connectivity index is 2.23. The highest BCUT2D eigenvalue weighted by Gasteiger charge is 2.37. The molecule has 1 aromatic rings. The average molecular weight is 233 g/mol. The molecule has 0 aromatic carbocycles. The van der Waals surface area contributed by atoms with Crippen molar-refractivity contribution in [3.63, 3.8) is 0 Å². The van der Waals surface area contributed by atoms with Gasteiger partial charge in [0.1, 0.15) is 0 Å². The maximum atomic E-state index is 12.5. The van der Waals surface area contributed by atoms with Crippen LogP contribution in [0.25, 0.3) is 0 Å². The first-order valence-corrected chi connectivity index (χ1v) is 5.37. The molecule has 1 aromatic heterocycles. The van der Waals surface area contributed by atoms with Crippen molar-refractivity contribution in [2.75, 3.05) is 6.54 Å². The molecule has 1 saturated carbocycles. The van der Waals surface area contributed by atoms with Crippen molar-refractivity contribution < 1.29 is 13.2 Å². The number of hydrogen-bond acceptors (Lipinski definition) is 2. The van der Waals surface area contributed by atoms with Crippen LogP contribution in [0.4, 0.5) is 13.2 Å². The van der Waals surface area contributed by atoms with E-state index in [9.17, 15) is 13.2 Å². The summed E-state index contributed by atoms with van der Waals surface area (Å²) in [5, 5.41) is 3.62. The predicted molar refractivity (Wildman–Crippen MR) is 52.9 cm³/mol. The van der Waals surface area contributed by atoms with E-state index < -0.39 is 11.9 Å². The molecule has 0 saturated heterocycles. The van der Waals surface area contributed by atoms with Crippen molar-refractivity contribution >= 4 is 0 Å². The van der Waals surface area contributed by atoms with E-state index in [4.69, 9.17) is 5.73 Å². The Bertz CT molecular complexity index is 366. The molecule has 1 heterocycles. The molecule has 0 aliphatic heterocycles. The monoisotopic (exact) mass is 233 g/mol. The summed E-state index contributed by atoms with van der Waals surface area (Å²) in [6.45, 7) is 0.934. The van der Waals surface area contributed by atoms with Crippen LogP contribution in [0.1, 0.15) is 36.6 Å². The third kappa shape index (κ3) is 2.37. The van der Waals surface area contributed by atoms with Crippen LogP contribution in [0.5, 0.6) is 0 Å². The molecule has 2 N–H and O–H groups in total. The molecular formula is C10H14F3N3. The van der Waals surface area contributed by atoms with Gasteiger partial charge in [-0.2, -0.15) is 18.3 Å². The lowest BCUT2D eigenvalue weighted by Gasteiger charge is -2.04. The van der Waals surface area contributed by atoms with Gasteiger partial charge in [0.05, 0.1) is 0 Å².